The van der Waals surface area contributed by atoms with Crippen LogP contribution in [0.15, 0.2) is 48.5 Å². The van der Waals surface area contributed by atoms with Crippen molar-refractivity contribution < 1.29 is 9.47 Å². The number of benzene rings is 2. The van der Waals surface area contributed by atoms with E-state index >= 15 is 0 Å². The Labute approximate surface area is 156 Å². The molecule has 0 unspecified atom stereocenters. The first-order valence-corrected chi connectivity index (χ1v) is 8.46. The summed E-state index contributed by atoms with van der Waals surface area (Å²) in [4.78, 5) is 9.46. The van der Waals surface area contributed by atoms with Gasteiger partial charge in [0.25, 0.3) is 0 Å². The second-order valence-corrected chi connectivity index (χ2v) is 6.04. The molecule has 2 aromatic heterocycles. The van der Waals surface area contributed by atoms with Gasteiger partial charge in [0.1, 0.15) is 17.3 Å². The first-order valence-electron chi connectivity index (χ1n) is 8.46. The van der Waals surface area contributed by atoms with Crippen LogP contribution in [0.4, 0.5) is 11.6 Å². The highest BCUT2D eigenvalue weighted by atomic mass is 16.5. The zero-order valence-electron chi connectivity index (χ0n) is 15.3. The minimum atomic E-state index is 0.558. The van der Waals surface area contributed by atoms with Gasteiger partial charge in [-0.25, -0.2) is 9.97 Å². The fraction of sp³-hybridized carbons (Fsp3) is 0.150. The standard InChI is InChI=1S/C20H19N5O2/c1-12-10-18(25-24-12)22-19-14-6-4-5-7-16(14)21-20(23-19)15-9-8-13(26-2)11-17(15)27-3/h4-11H,1-3H3,(H2,21,22,23,24,25). The molecule has 0 spiro atoms. The van der Waals surface area contributed by atoms with Gasteiger partial charge in [-0.15, -0.1) is 0 Å². The van der Waals surface area contributed by atoms with Crippen LogP contribution in [0.25, 0.3) is 22.3 Å². The van der Waals surface area contributed by atoms with E-state index in [-0.39, 0.29) is 0 Å². The molecule has 2 aromatic carbocycles. The van der Waals surface area contributed by atoms with Crippen molar-refractivity contribution in [2.75, 3.05) is 19.5 Å². The summed E-state index contributed by atoms with van der Waals surface area (Å²) < 4.78 is 10.8. The lowest BCUT2D eigenvalue weighted by Gasteiger charge is -2.12. The highest BCUT2D eigenvalue weighted by Gasteiger charge is 2.14. The summed E-state index contributed by atoms with van der Waals surface area (Å²) >= 11 is 0. The number of hydrogen-bond acceptors (Lipinski definition) is 6. The maximum absolute atomic E-state index is 5.52. The van der Waals surface area contributed by atoms with Crippen LogP contribution >= 0.6 is 0 Å². The van der Waals surface area contributed by atoms with E-state index in [1.807, 2.05) is 55.5 Å². The van der Waals surface area contributed by atoms with Crippen molar-refractivity contribution in [3.63, 3.8) is 0 Å². The molecule has 4 rings (SSSR count). The molecule has 0 aliphatic rings. The number of methoxy groups -OCH3 is 2. The summed E-state index contributed by atoms with van der Waals surface area (Å²) in [6, 6.07) is 15.3. The van der Waals surface area contributed by atoms with Gasteiger partial charge >= 0.3 is 0 Å². The molecule has 7 heteroatoms. The number of fused-ring (bicyclic) bond motifs is 1. The third-order valence-electron chi connectivity index (χ3n) is 4.21. The van der Waals surface area contributed by atoms with Gasteiger partial charge in [0.15, 0.2) is 11.6 Å². The number of ether oxygens (including phenoxy) is 2. The van der Waals surface area contributed by atoms with Crippen LogP contribution in [0.5, 0.6) is 11.5 Å². The molecule has 2 N–H and O–H groups in total. The topological polar surface area (TPSA) is 85.0 Å². The molecule has 0 radical (unpaired) electrons. The molecular weight excluding hydrogens is 342 g/mol. The number of hydrogen-bond donors (Lipinski definition) is 2. The van der Waals surface area contributed by atoms with Crippen molar-refractivity contribution in [2.24, 2.45) is 0 Å². The molecule has 136 valence electrons. The lowest BCUT2D eigenvalue weighted by Crippen LogP contribution is -2.01. The fourth-order valence-corrected chi connectivity index (χ4v) is 2.88. The van der Waals surface area contributed by atoms with Crippen LogP contribution < -0.4 is 14.8 Å². The smallest absolute Gasteiger partial charge is 0.165 e. The lowest BCUT2D eigenvalue weighted by molar-refractivity contribution is 0.395. The van der Waals surface area contributed by atoms with E-state index in [2.05, 4.69) is 15.5 Å². The van der Waals surface area contributed by atoms with Gasteiger partial charge in [0.05, 0.1) is 25.3 Å². The van der Waals surface area contributed by atoms with Crippen LogP contribution in [0.3, 0.4) is 0 Å². The van der Waals surface area contributed by atoms with Gasteiger partial charge in [-0.05, 0) is 31.2 Å². The van der Waals surface area contributed by atoms with Gasteiger partial charge in [-0.3, -0.25) is 5.10 Å². The van der Waals surface area contributed by atoms with E-state index in [0.29, 0.717) is 29.0 Å². The Morgan fingerprint density at radius 1 is 0.963 bits per heavy atom. The van der Waals surface area contributed by atoms with Gasteiger partial charge in [-0.2, -0.15) is 5.10 Å². The van der Waals surface area contributed by atoms with Gasteiger partial charge in [-0.1, -0.05) is 12.1 Å². The molecule has 0 fully saturated rings. The first-order chi connectivity index (χ1) is 13.2. The van der Waals surface area contributed by atoms with E-state index in [1.54, 1.807) is 14.2 Å². The highest BCUT2D eigenvalue weighted by Crippen LogP contribution is 2.34. The zero-order valence-corrected chi connectivity index (χ0v) is 15.3. The molecule has 7 nitrogen and oxygen atoms in total. The lowest BCUT2D eigenvalue weighted by atomic mass is 10.1. The molecule has 2 heterocycles. The third kappa shape index (κ3) is 3.27. The Kier molecular flexibility index (Phi) is 4.33. The third-order valence-corrected chi connectivity index (χ3v) is 4.21. The molecule has 27 heavy (non-hydrogen) atoms. The van der Waals surface area contributed by atoms with E-state index < -0.39 is 0 Å². The predicted octanol–water partition coefficient (Wildman–Crippen LogP) is 4.09. The van der Waals surface area contributed by atoms with Crippen molar-refractivity contribution in [2.45, 2.75) is 6.92 Å². The summed E-state index contributed by atoms with van der Waals surface area (Å²) in [5.41, 5.74) is 2.58. The zero-order chi connectivity index (χ0) is 18.8. The van der Waals surface area contributed by atoms with Crippen molar-refractivity contribution in [3.8, 4) is 22.9 Å². The van der Waals surface area contributed by atoms with Gasteiger partial charge in [0.2, 0.25) is 0 Å². The van der Waals surface area contributed by atoms with Crippen LogP contribution in [0, 0.1) is 6.92 Å². The van der Waals surface area contributed by atoms with Crippen LogP contribution in [0.1, 0.15) is 5.69 Å². The number of para-hydroxylation sites is 1. The number of nitrogens with zero attached hydrogens (tertiary/aromatic N) is 3. The highest BCUT2D eigenvalue weighted by molar-refractivity contribution is 5.92. The minimum absolute atomic E-state index is 0.558. The van der Waals surface area contributed by atoms with E-state index in [1.165, 1.54) is 0 Å². The largest absolute Gasteiger partial charge is 0.497 e. The van der Waals surface area contributed by atoms with Crippen molar-refractivity contribution in [3.05, 3.63) is 54.2 Å². The second-order valence-electron chi connectivity index (χ2n) is 6.04. The molecule has 4 aromatic rings. The number of H-pyrrole nitrogens is 1. The molecule has 0 amide bonds. The SMILES string of the molecule is COc1ccc(-c2nc(Nc3cc(C)[nH]n3)c3ccccc3n2)c(OC)c1. The predicted molar refractivity (Wildman–Crippen MR) is 105 cm³/mol. The number of nitrogens with one attached hydrogen (secondary N) is 2. The number of aromatic nitrogens is 4. The minimum Gasteiger partial charge on any atom is -0.497 e. The Morgan fingerprint density at radius 3 is 2.56 bits per heavy atom. The fourth-order valence-electron chi connectivity index (χ4n) is 2.88. The maximum atomic E-state index is 5.52. The molecule has 0 aliphatic heterocycles. The summed E-state index contributed by atoms with van der Waals surface area (Å²) in [7, 11) is 3.24. The monoisotopic (exact) mass is 361 g/mol. The average Bonchev–Trinajstić information content (AvgIpc) is 3.12. The van der Waals surface area contributed by atoms with Gasteiger partial charge in [0, 0.05) is 23.2 Å². The summed E-state index contributed by atoms with van der Waals surface area (Å²) in [6.45, 7) is 1.95. The Bertz CT molecular complexity index is 1110. The molecule has 0 aliphatic carbocycles. The first kappa shape index (κ1) is 16.8. The molecule has 0 atom stereocenters. The summed E-state index contributed by atoms with van der Waals surface area (Å²) in [5, 5.41) is 11.4. The average molecular weight is 361 g/mol. The van der Waals surface area contributed by atoms with Gasteiger partial charge < -0.3 is 14.8 Å². The quantitative estimate of drug-likeness (QED) is 0.557. The van der Waals surface area contributed by atoms with E-state index in [0.717, 1.165) is 22.2 Å². The summed E-state index contributed by atoms with van der Waals surface area (Å²) in [6.07, 6.45) is 0. The van der Waals surface area contributed by atoms with E-state index in [4.69, 9.17) is 19.4 Å². The van der Waals surface area contributed by atoms with Crippen LogP contribution in [-0.2, 0) is 0 Å². The number of anilines is 2. The van der Waals surface area contributed by atoms with Crippen LogP contribution in [0.2, 0.25) is 0 Å². The Morgan fingerprint density at radius 2 is 1.81 bits per heavy atom. The van der Waals surface area contributed by atoms with Crippen LogP contribution in [-0.4, -0.2) is 34.4 Å². The molecule has 0 saturated heterocycles. The number of aromatic amines is 1. The molecular formula is C20H19N5O2. The normalized spacial score (nSPS) is 10.8. The van der Waals surface area contributed by atoms with Crippen molar-refractivity contribution in [1.29, 1.82) is 0 Å². The van der Waals surface area contributed by atoms with E-state index in [9.17, 15) is 0 Å². The molecule has 0 bridgehead atoms. The van der Waals surface area contributed by atoms with Crippen molar-refractivity contribution in [1.82, 2.24) is 20.2 Å². The second kappa shape index (κ2) is 6.95. The summed E-state index contributed by atoms with van der Waals surface area (Å²) in [5.74, 6) is 3.29. The van der Waals surface area contributed by atoms with Crippen molar-refractivity contribution >= 4 is 22.5 Å². The molecule has 0 saturated carbocycles. The number of rotatable bonds is 5. The maximum Gasteiger partial charge on any atom is 0.165 e. The Balaban J connectivity index is 1.87. The number of aryl methyl sites for hydroxylation is 1. The Hall–Kier alpha value is -3.61.